The van der Waals surface area contributed by atoms with E-state index < -0.39 is 26.3 Å². The van der Waals surface area contributed by atoms with Gasteiger partial charge in [-0.3, -0.25) is 9.52 Å². The van der Waals surface area contributed by atoms with Crippen LogP contribution in [0.1, 0.15) is 11.3 Å². The van der Waals surface area contributed by atoms with Crippen molar-refractivity contribution < 1.29 is 12.8 Å². The lowest BCUT2D eigenvalue weighted by atomic mass is 10.2. The fourth-order valence-electron chi connectivity index (χ4n) is 1.56. The maximum atomic E-state index is 13.4. The van der Waals surface area contributed by atoms with E-state index in [0.717, 1.165) is 6.07 Å². The van der Waals surface area contributed by atoms with E-state index in [1.807, 2.05) is 0 Å². The third-order valence-corrected chi connectivity index (χ3v) is 5.37. The number of thiazole rings is 1. The van der Waals surface area contributed by atoms with Gasteiger partial charge in [0.25, 0.3) is 10.0 Å². The zero-order valence-corrected chi connectivity index (χ0v) is 11.7. The van der Waals surface area contributed by atoms with Gasteiger partial charge in [0.05, 0.1) is 5.69 Å². The maximum absolute atomic E-state index is 13.4. The van der Waals surface area contributed by atoms with Crippen molar-refractivity contribution in [3.8, 4) is 6.07 Å². The Morgan fingerprint density at radius 1 is 1.45 bits per heavy atom. The van der Waals surface area contributed by atoms with Gasteiger partial charge in [0.15, 0.2) is 4.21 Å². The van der Waals surface area contributed by atoms with Crippen molar-refractivity contribution in [2.75, 3.05) is 4.72 Å². The van der Waals surface area contributed by atoms with Crippen LogP contribution in [-0.4, -0.2) is 13.4 Å². The van der Waals surface area contributed by atoms with E-state index in [9.17, 15) is 17.6 Å². The van der Waals surface area contributed by atoms with Crippen molar-refractivity contribution >= 4 is 27.0 Å². The zero-order valence-electron chi connectivity index (χ0n) is 10.1. The summed E-state index contributed by atoms with van der Waals surface area (Å²) in [6.45, 7) is 1.43. The van der Waals surface area contributed by atoms with Crippen LogP contribution in [0.15, 0.2) is 27.2 Å². The first-order valence-electron chi connectivity index (χ1n) is 5.26. The van der Waals surface area contributed by atoms with Crippen LogP contribution < -0.4 is 9.60 Å². The molecule has 2 aromatic rings. The summed E-state index contributed by atoms with van der Waals surface area (Å²) in [5.41, 5.74) is -0.397. The molecule has 1 aromatic carbocycles. The molecule has 1 aromatic heterocycles. The number of nitriles is 1. The summed E-state index contributed by atoms with van der Waals surface area (Å²) in [4.78, 5) is 13.0. The van der Waals surface area contributed by atoms with Gasteiger partial charge in [-0.05, 0) is 19.1 Å². The molecule has 0 saturated heterocycles. The van der Waals surface area contributed by atoms with E-state index in [1.165, 1.54) is 19.1 Å². The van der Waals surface area contributed by atoms with Crippen LogP contribution in [-0.2, 0) is 10.0 Å². The third kappa shape index (κ3) is 2.56. The highest BCUT2D eigenvalue weighted by atomic mass is 32.2. The van der Waals surface area contributed by atoms with Crippen LogP contribution >= 0.6 is 11.3 Å². The molecule has 20 heavy (non-hydrogen) atoms. The number of aryl methyl sites for hydroxylation is 1. The van der Waals surface area contributed by atoms with Crippen molar-refractivity contribution in [2.24, 2.45) is 0 Å². The SMILES string of the molecule is Cc1[nH]c(=O)sc1S(=O)(=O)Nc1cccc(F)c1C#N. The molecule has 0 spiro atoms. The average molecular weight is 313 g/mol. The molecule has 1 heterocycles. The van der Waals surface area contributed by atoms with Crippen LogP contribution in [0.4, 0.5) is 10.1 Å². The van der Waals surface area contributed by atoms with Gasteiger partial charge in [-0.2, -0.15) is 5.26 Å². The van der Waals surface area contributed by atoms with Gasteiger partial charge in [-0.1, -0.05) is 17.4 Å². The van der Waals surface area contributed by atoms with E-state index in [2.05, 4.69) is 9.71 Å². The van der Waals surface area contributed by atoms with Crippen LogP contribution in [0, 0.1) is 24.1 Å². The second-order valence-corrected chi connectivity index (χ2v) is 6.67. The minimum Gasteiger partial charge on any atom is -0.315 e. The number of anilines is 1. The average Bonchev–Trinajstić information content (AvgIpc) is 2.69. The summed E-state index contributed by atoms with van der Waals surface area (Å²) >= 11 is 0.520. The Kier molecular flexibility index (Phi) is 3.61. The number of aromatic nitrogens is 1. The summed E-state index contributed by atoms with van der Waals surface area (Å²) in [5.74, 6) is -0.827. The molecule has 0 aliphatic heterocycles. The molecule has 0 aliphatic rings. The number of nitrogens with zero attached hydrogens (tertiary/aromatic N) is 1. The number of hydrogen-bond acceptors (Lipinski definition) is 5. The predicted octanol–water partition coefficient (Wildman–Crippen LogP) is 1.56. The number of benzene rings is 1. The number of hydrogen-bond donors (Lipinski definition) is 2. The molecular formula is C11H8FN3O3S2. The summed E-state index contributed by atoms with van der Waals surface area (Å²) in [5, 5.41) is 8.85. The highest BCUT2D eigenvalue weighted by Gasteiger charge is 2.22. The molecule has 6 nitrogen and oxygen atoms in total. The molecule has 0 bridgehead atoms. The first-order chi connectivity index (χ1) is 9.35. The number of halogens is 1. The lowest BCUT2D eigenvalue weighted by Crippen LogP contribution is -2.14. The lowest BCUT2D eigenvalue weighted by molar-refractivity contribution is 0.602. The zero-order chi connectivity index (χ0) is 14.9. The van der Waals surface area contributed by atoms with Crippen molar-refractivity contribution in [3.05, 3.63) is 44.9 Å². The number of H-pyrrole nitrogens is 1. The fourth-order valence-corrected chi connectivity index (χ4v) is 3.93. The Labute approximate surface area is 117 Å². The predicted molar refractivity (Wildman–Crippen MR) is 71.6 cm³/mol. The molecule has 0 amide bonds. The summed E-state index contributed by atoms with van der Waals surface area (Å²) in [7, 11) is -4.05. The van der Waals surface area contributed by atoms with E-state index >= 15 is 0 Å². The largest absolute Gasteiger partial charge is 0.315 e. The first kappa shape index (κ1) is 14.2. The number of aromatic amines is 1. The van der Waals surface area contributed by atoms with E-state index in [1.54, 1.807) is 6.07 Å². The molecule has 104 valence electrons. The van der Waals surface area contributed by atoms with Crippen LogP contribution in [0.25, 0.3) is 0 Å². The number of nitrogens with one attached hydrogen (secondary N) is 2. The highest BCUT2D eigenvalue weighted by molar-refractivity contribution is 7.94. The molecule has 9 heteroatoms. The van der Waals surface area contributed by atoms with E-state index in [0.29, 0.717) is 11.3 Å². The van der Waals surface area contributed by atoms with E-state index in [4.69, 9.17) is 5.26 Å². The molecule has 0 radical (unpaired) electrons. The minimum atomic E-state index is -4.05. The van der Waals surface area contributed by atoms with Crippen molar-refractivity contribution in [1.82, 2.24) is 4.98 Å². The Hall–Kier alpha value is -2.18. The molecular weight excluding hydrogens is 305 g/mol. The van der Waals surface area contributed by atoms with E-state index in [-0.39, 0.29) is 15.6 Å². The molecule has 0 aliphatic carbocycles. The Balaban J connectivity index is 2.50. The monoisotopic (exact) mass is 313 g/mol. The molecule has 2 N–H and O–H groups in total. The second kappa shape index (κ2) is 5.07. The van der Waals surface area contributed by atoms with Gasteiger partial charge < -0.3 is 4.98 Å². The molecule has 0 fully saturated rings. The van der Waals surface area contributed by atoms with Crippen molar-refractivity contribution in [3.63, 3.8) is 0 Å². The van der Waals surface area contributed by atoms with Gasteiger partial charge in [0, 0.05) is 5.69 Å². The van der Waals surface area contributed by atoms with Crippen LogP contribution in [0.3, 0.4) is 0 Å². The lowest BCUT2D eigenvalue weighted by Gasteiger charge is -2.08. The van der Waals surface area contributed by atoms with Crippen molar-refractivity contribution in [2.45, 2.75) is 11.1 Å². The van der Waals surface area contributed by atoms with Crippen molar-refractivity contribution in [1.29, 1.82) is 5.26 Å². The van der Waals surface area contributed by atoms with Crippen LogP contribution in [0.5, 0.6) is 0 Å². The quantitative estimate of drug-likeness (QED) is 0.897. The normalized spacial score (nSPS) is 11.1. The second-order valence-electron chi connectivity index (χ2n) is 3.81. The fraction of sp³-hybridized carbons (Fsp3) is 0.0909. The number of sulfonamides is 1. The molecule has 0 atom stereocenters. The molecule has 0 unspecified atom stereocenters. The third-order valence-electron chi connectivity index (χ3n) is 2.39. The standard InChI is InChI=1S/C11H8FN3O3S2/c1-6-10(19-11(16)14-6)20(17,18)15-9-4-2-3-8(12)7(9)5-13/h2-4,15H,1H3,(H,14,16). The number of rotatable bonds is 3. The molecule has 0 saturated carbocycles. The summed E-state index contributed by atoms with van der Waals surface area (Å²) in [6.07, 6.45) is 0. The maximum Gasteiger partial charge on any atom is 0.306 e. The highest BCUT2D eigenvalue weighted by Crippen LogP contribution is 2.24. The minimum absolute atomic E-state index is 0.173. The molecule has 2 rings (SSSR count). The van der Waals surface area contributed by atoms with Crippen LogP contribution in [0.2, 0.25) is 0 Å². The summed E-state index contributed by atoms with van der Waals surface area (Å²) < 4.78 is 39.6. The van der Waals surface area contributed by atoms with Gasteiger partial charge in [0.1, 0.15) is 17.4 Å². The van der Waals surface area contributed by atoms with Gasteiger partial charge in [-0.25, -0.2) is 12.8 Å². The van der Waals surface area contributed by atoms with Gasteiger partial charge in [0.2, 0.25) is 0 Å². The van der Waals surface area contributed by atoms with Gasteiger partial charge >= 0.3 is 4.87 Å². The Morgan fingerprint density at radius 2 is 2.15 bits per heavy atom. The van der Waals surface area contributed by atoms with Gasteiger partial charge in [-0.15, -0.1) is 0 Å². The Bertz CT molecular complexity index is 862. The topological polar surface area (TPSA) is 103 Å². The Morgan fingerprint density at radius 3 is 2.70 bits per heavy atom. The first-order valence-corrected chi connectivity index (χ1v) is 7.56. The summed E-state index contributed by atoms with van der Waals surface area (Å²) in [6, 6.07) is 5.19. The smallest absolute Gasteiger partial charge is 0.306 e.